The Morgan fingerprint density at radius 2 is 2.44 bits per heavy atom. The zero-order valence-corrected chi connectivity index (χ0v) is 10.9. The minimum Gasteiger partial charge on any atom is -0.377 e. The number of hydrogen-bond acceptors (Lipinski definition) is 3. The van der Waals surface area contributed by atoms with Gasteiger partial charge in [0.2, 0.25) is 0 Å². The molecule has 3 heteroatoms. The molecule has 0 spiro atoms. The van der Waals surface area contributed by atoms with Gasteiger partial charge in [0.15, 0.2) is 0 Å². The van der Waals surface area contributed by atoms with Crippen molar-refractivity contribution in [1.29, 1.82) is 0 Å². The lowest BCUT2D eigenvalue weighted by Crippen LogP contribution is -2.42. The summed E-state index contributed by atoms with van der Waals surface area (Å²) in [6.45, 7) is 5.43. The van der Waals surface area contributed by atoms with Gasteiger partial charge in [0, 0.05) is 23.6 Å². The van der Waals surface area contributed by atoms with Crippen LogP contribution in [-0.2, 0) is 11.2 Å². The Bertz CT molecular complexity index is 293. The second kappa shape index (κ2) is 5.80. The van der Waals surface area contributed by atoms with E-state index in [2.05, 4.69) is 36.7 Å². The minimum atomic E-state index is 0.422. The van der Waals surface area contributed by atoms with E-state index in [0.29, 0.717) is 18.2 Å². The molecular weight excluding hydrogens is 218 g/mol. The molecule has 1 aliphatic rings. The standard InChI is InChI=1S/C13H21NOS/c1-10(9-12-5-4-8-16-12)14-11(2)13-6-3-7-15-13/h4-5,8,10-11,13-14H,3,6-7,9H2,1-2H3. The molecule has 1 fully saturated rings. The summed E-state index contributed by atoms with van der Waals surface area (Å²) in [6, 6.07) is 5.32. The molecule has 2 rings (SSSR count). The van der Waals surface area contributed by atoms with Crippen LogP contribution in [0, 0.1) is 0 Å². The third kappa shape index (κ3) is 3.30. The quantitative estimate of drug-likeness (QED) is 0.853. The highest BCUT2D eigenvalue weighted by molar-refractivity contribution is 7.09. The van der Waals surface area contributed by atoms with Crippen LogP contribution in [-0.4, -0.2) is 24.8 Å². The van der Waals surface area contributed by atoms with Gasteiger partial charge in [-0.2, -0.15) is 0 Å². The van der Waals surface area contributed by atoms with Gasteiger partial charge >= 0.3 is 0 Å². The number of nitrogens with one attached hydrogen (secondary N) is 1. The first-order chi connectivity index (χ1) is 7.75. The molecule has 1 N–H and O–H groups in total. The Morgan fingerprint density at radius 1 is 1.56 bits per heavy atom. The van der Waals surface area contributed by atoms with Gasteiger partial charge in [-0.05, 0) is 44.6 Å². The SMILES string of the molecule is CC(Cc1cccs1)NC(C)C1CCCO1. The smallest absolute Gasteiger partial charge is 0.0726 e. The summed E-state index contributed by atoms with van der Waals surface area (Å²) in [5, 5.41) is 5.79. The van der Waals surface area contributed by atoms with Crippen LogP contribution in [0.4, 0.5) is 0 Å². The maximum atomic E-state index is 5.69. The van der Waals surface area contributed by atoms with Crippen LogP contribution >= 0.6 is 11.3 Å². The molecule has 1 saturated heterocycles. The van der Waals surface area contributed by atoms with E-state index in [1.165, 1.54) is 17.7 Å². The number of thiophene rings is 1. The Morgan fingerprint density at radius 3 is 3.06 bits per heavy atom. The fourth-order valence-corrected chi connectivity index (χ4v) is 3.18. The lowest BCUT2D eigenvalue weighted by Gasteiger charge is -2.24. The fourth-order valence-electron chi connectivity index (χ4n) is 2.34. The number of rotatable bonds is 5. The molecule has 2 nitrogen and oxygen atoms in total. The summed E-state index contributed by atoms with van der Waals surface area (Å²) in [4.78, 5) is 1.46. The van der Waals surface area contributed by atoms with Crippen molar-refractivity contribution in [3.05, 3.63) is 22.4 Å². The first kappa shape index (κ1) is 12.1. The molecule has 3 atom stereocenters. The minimum absolute atomic E-state index is 0.422. The molecule has 0 bridgehead atoms. The summed E-state index contributed by atoms with van der Waals surface area (Å²) < 4.78 is 5.69. The molecule has 1 aromatic heterocycles. The van der Waals surface area contributed by atoms with E-state index in [-0.39, 0.29) is 0 Å². The highest BCUT2D eigenvalue weighted by atomic mass is 32.1. The summed E-state index contributed by atoms with van der Waals surface area (Å²) in [5.74, 6) is 0. The molecule has 0 radical (unpaired) electrons. The van der Waals surface area contributed by atoms with Crippen molar-refractivity contribution in [3.8, 4) is 0 Å². The Hall–Kier alpha value is -0.380. The molecular formula is C13H21NOS. The zero-order valence-electron chi connectivity index (χ0n) is 10.1. The summed E-state index contributed by atoms with van der Waals surface area (Å²) >= 11 is 1.84. The first-order valence-corrected chi connectivity index (χ1v) is 7.03. The number of hydrogen-bond donors (Lipinski definition) is 1. The van der Waals surface area contributed by atoms with Crippen LogP contribution in [0.2, 0.25) is 0 Å². The lowest BCUT2D eigenvalue weighted by molar-refractivity contribution is 0.0804. The van der Waals surface area contributed by atoms with Crippen LogP contribution < -0.4 is 5.32 Å². The fraction of sp³-hybridized carbons (Fsp3) is 0.692. The van der Waals surface area contributed by atoms with Crippen LogP contribution in [0.25, 0.3) is 0 Å². The predicted octanol–water partition coefficient (Wildman–Crippen LogP) is 2.84. The molecule has 90 valence electrons. The normalized spacial score (nSPS) is 24.5. The van der Waals surface area contributed by atoms with E-state index in [4.69, 9.17) is 4.74 Å². The van der Waals surface area contributed by atoms with Crippen molar-refractivity contribution < 1.29 is 4.74 Å². The Kier molecular flexibility index (Phi) is 4.38. The second-order valence-electron chi connectivity index (χ2n) is 4.69. The molecule has 3 unspecified atom stereocenters. The Balaban J connectivity index is 1.75. The van der Waals surface area contributed by atoms with Gasteiger partial charge < -0.3 is 10.1 Å². The molecule has 0 aromatic carbocycles. The Labute approximate surface area is 102 Å². The van der Waals surface area contributed by atoms with Gasteiger partial charge in [-0.1, -0.05) is 6.07 Å². The van der Waals surface area contributed by atoms with Gasteiger partial charge in [0.05, 0.1) is 6.10 Å². The maximum Gasteiger partial charge on any atom is 0.0726 e. The average molecular weight is 239 g/mol. The highest BCUT2D eigenvalue weighted by Crippen LogP contribution is 2.17. The molecule has 0 amide bonds. The van der Waals surface area contributed by atoms with Crippen LogP contribution in [0.5, 0.6) is 0 Å². The van der Waals surface area contributed by atoms with Gasteiger partial charge in [0.25, 0.3) is 0 Å². The van der Waals surface area contributed by atoms with Crippen molar-refractivity contribution in [2.45, 2.75) is 51.3 Å². The maximum absolute atomic E-state index is 5.69. The summed E-state index contributed by atoms with van der Waals surface area (Å²) in [5.41, 5.74) is 0. The molecule has 0 saturated carbocycles. The van der Waals surface area contributed by atoms with Gasteiger partial charge in [0.1, 0.15) is 0 Å². The zero-order chi connectivity index (χ0) is 11.4. The van der Waals surface area contributed by atoms with Crippen molar-refractivity contribution >= 4 is 11.3 Å². The molecule has 2 heterocycles. The summed E-state index contributed by atoms with van der Waals surface area (Å²) in [7, 11) is 0. The topological polar surface area (TPSA) is 21.3 Å². The number of ether oxygens (including phenoxy) is 1. The van der Waals surface area contributed by atoms with Crippen LogP contribution in [0.3, 0.4) is 0 Å². The highest BCUT2D eigenvalue weighted by Gasteiger charge is 2.23. The van der Waals surface area contributed by atoms with E-state index in [1.807, 2.05) is 11.3 Å². The second-order valence-corrected chi connectivity index (χ2v) is 5.72. The third-order valence-electron chi connectivity index (χ3n) is 3.16. The third-order valence-corrected chi connectivity index (χ3v) is 4.06. The van der Waals surface area contributed by atoms with E-state index >= 15 is 0 Å². The van der Waals surface area contributed by atoms with E-state index < -0.39 is 0 Å². The van der Waals surface area contributed by atoms with Crippen LogP contribution in [0.15, 0.2) is 17.5 Å². The summed E-state index contributed by atoms with van der Waals surface area (Å²) in [6.07, 6.45) is 3.97. The first-order valence-electron chi connectivity index (χ1n) is 6.15. The predicted molar refractivity (Wildman–Crippen MR) is 69.1 cm³/mol. The van der Waals surface area contributed by atoms with Crippen molar-refractivity contribution in [3.63, 3.8) is 0 Å². The molecule has 16 heavy (non-hydrogen) atoms. The van der Waals surface area contributed by atoms with Crippen LogP contribution in [0.1, 0.15) is 31.6 Å². The van der Waals surface area contributed by atoms with E-state index in [0.717, 1.165) is 13.0 Å². The average Bonchev–Trinajstić information content (AvgIpc) is 2.88. The van der Waals surface area contributed by atoms with Gasteiger partial charge in [-0.25, -0.2) is 0 Å². The van der Waals surface area contributed by atoms with Gasteiger partial charge in [-0.15, -0.1) is 11.3 Å². The molecule has 1 aliphatic heterocycles. The van der Waals surface area contributed by atoms with Crippen molar-refractivity contribution in [2.75, 3.05) is 6.61 Å². The van der Waals surface area contributed by atoms with E-state index in [9.17, 15) is 0 Å². The molecule has 1 aromatic rings. The van der Waals surface area contributed by atoms with Gasteiger partial charge in [-0.3, -0.25) is 0 Å². The van der Waals surface area contributed by atoms with Crippen molar-refractivity contribution in [2.24, 2.45) is 0 Å². The van der Waals surface area contributed by atoms with Crippen molar-refractivity contribution in [1.82, 2.24) is 5.32 Å². The largest absolute Gasteiger partial charge is 0.377 e. The lowest BCUT2D eigenvalue weighted by atomic mass is 10.1. The molecule has 0 aliphatic carbocycles. The van der Waals surface area contributed by atoms with E-state index in [1.54, 1.807) is 0 Å². The monoisotopic (exact) mass is 239 g/mol.